The summed E-state index contributed by atoms with van der Waals surface area (Å²) < 4.78 is 5.66. The fourth-order valence-corrected chi connectivity index (χ4v) is 5.35. The van der Waals surface area contributed by atoms with E-state index in [0.29, 0.717) is 25.2 Å². The predicted octanol–water partition coefficient (Wildman–Crippen LogP) is 5.38. The van der Waals surface area contributed by atoms with Gasteiger partial charge in [-0.2, -0.15) is 0 Å². The maximum absolute atomic E-state index is 14.3. The maximum Gasteiger partial charge on any atom is 0.410 e. The summed E-state index contributed by atoms with van der Waals surface area (Å²) in [6.07, 6.45) is 3.67. The summed E-state index contributed by atoms with van der Waals surface area (Å²) in [6, 6.07) is 13.5. The van der Waals surface area contributed by atoms with E-state index in [2.05, 4.69) is 10.2 Å². The van der Waals surface area contributed by atoms with Crippen LogP contribution in [0.5, 0.6) is 0 Å². The molecule has 1 atom stereocenters. The summed E-state index contributed by atoms with van der Waals surface area (Å²) in [5.74, 6) is 0.101. The second-order valence-corrected chi connectivity index (χ2v) is 12.0. The normalized spacial score (nSPS) is 19.7. The van der Waals surface area contributed by atoms with Crippen molar-refractivity contribution in [3.05, 3.63) is 59.2 Å². The smallest absolute Gasteiger partial charge is 0.410 e. The number of anilines is 2. The molecule has 0 unspecified atom stereocenters. The average Bonchev–Trinajstić information content (AvgIpc) is 3.61. The van der Waals surface area contributed by atoms with Gasteiger partial charge in [0.1, 0.15) is 5.60 Å². The van der Waals surface area contributed by atoms with Crippen LogP contribution in [-0.2, 0) is 9.53 Å². The van der Waals surface area contributed by atoms with E-state index in [-0.39, 0.29) is 29.9 Å². The van der Waals surface area contributed by atoms with Crippen molar-refractivity contribution in [3.8, 4) is 0 Å². The number of hydrogen-bond acceptors (Lipinski definition) is 5. The van der Waals surface area contributed by atoms with Gasteiger partial charge in [0.2, 0.25) is 5.91 Å². The molecule has 3 aliphatic rings. The first-order valence-electron chi connectivity index (χ1n) is 14.1. The van der Waals surface area contributed by atoms with E-state index in [1.807, 2.05) is 75.1 Å². The molecule has 1 N–H and O–H groups in total. The predicted molar refractivity (Wildman–Crippen MR) is 152 cm³/mol. The van der Waals surface area contributed by atoms with Crippen LogP contribution < -0.4 is 10.2 Å². The molecule has 8 heteroatoms. The van der Waals surface area contributed by atoms with Gasteiger partial charge < -0.3 is 24.8 Å². The van der Waals surface area contributed by atoms with Gasteiger partial charge in [-0.15, -0.1) is 0 Å². The van der Waals surface area contributed by atoms with Crippen molar-refractivity contribution < 1.29 is 19.1 Å². The van der Waals surface area contributed by atoms with Gasteiger partial charge in [-0.3, -0.25) is 9.59 Å². The molecule has 0 spiro atoms. The Hall–Kier alpha value is -3.55. The number of ether oxygens (including phenoxy) is 1. The standard InChI is InChI=1S/C31H40N4O4/c1-21-7-9-22(10-8-21)27-20-34(30(38)39-31(2,3)4)17-18-35(27)29(37)25-14-13-24(32-28(36)23-11-12-23)19-26(25)33-15-5-6-16-33/h7-10,13-14,19,23,27H,5-6,11-12,15-18,20H2,1-4H3,(H,32,36)/t27-/m1/s1. The molecule has 1 saturated carbocycles. The molecule has 2 aromatic rings. The van der Waals surface area contributed by atoms with Crippen LogP contribution in [0.15, 0.2) is 42.5 Å². The molecule has 208 valence electrons. The molecular formula is C31H40N4O4. The minimum atomic E-state index is -0.593. The van der Waals surface area contributed by atoms with Gasteiger partial charge in [-0.05, 0) is 77.1 Å². The fourth-order valence-electron chi connectivity index (χ4n) is 5.35. The van der Waals surface area contributed by atoms with Crippen LogP contribution in [0.3, 0.4) is 0 Å². The Morgan fingerprint density at radius 3 is 2.26 bits per heavy atom. The monoisotopic (exact) mass is 532 g/mol. The molecule has 2 aromatic carbocycles. The van der Waals surface area contributed by atoms with Crippen molar-refractivity contribution in [2.45, 2.75) is 65.0 Å². The van der Waals surface area contributed by atoms with Gasteiger partial charge in [-0.25, -0.2) is 4.79 Å². The van der Waals surface area contributed by atoms with E-state index in [0.717, 1.165) is 61.3 Å². The molecule has 3 amide bonds. The fraction of sp³-hybridized carbons (Fsp3) is 0.516. The molecule has 5 rings (SSSR count). The first kappa shape index (κ1) is 27.0. The highest BCUT2D eigenvalue weighted by atomic mass is 16.6. The van der Waals surface area contributed by atoms with Gasteiger partial charge in [0.25, 0.3) is 5.91 Å². The van der Waals surface area contributed by atoms with Crippen molar-refractivity contribution in [1.82, 2.24) is 9.80 Å². The highest BCUT2D eigenvalue weighted by Gasteiger charge is 2.37. The molecule has 0 aromatic heterocycles. The van der Waals surface area contributed by atoms with Crippen LogP contribution in [0.2, 0.25) is 0 Å². The molecule has 2 saturated heterocycles. The van der Waals surface area contributed by atoms with Crippen molar-refractivity contribution in [2.75, 3.05) is 42.9 Å². The van der Waals surface area contributed by atoms with Crippen molar-refractivity contribution >= 4 is 29.3 Å². The lowest BCUT2D eigenvalue weighted by Crippen LogP contribution is -2.53. The van der Waals surface area contributed by atoms with Crippen LogP contribution in [0.4, 0.5) is 16.2 Å². The Labute approximate surface area is 231 Å². The van der Waals surface area contributed by atoms with E-state index in [9.17, 15) is 14.4 Å². The second kappa shape index (κ2) is 10.9. The van der Waals surface area contributed by atoms with E-state index >= 15 is 0 Å². The summed E-state index contributed by atoms with van der Waals surface area (Å²) >= 11 is 0. The summed E-state index contributed by atoms with van der Waals surface area (Å²) in [4.78, 5) is 45.5. The number of hydrogen-bond donors (Lipinski definition) is 1. The molecule has 0 radical (unpaired) electrons. The summed E-state index contributed by atoms with van der Waals surface area (Å²) in [7, 11) is 0. The largest absolute Gasteiger partial charge is 0.444 e. The molecule has 0 bridgehead atoms. The number of carbonyl (C=O) groups is 3. The molecule has 2 aliphatic heterocycles. The third-order valence-electron chi connectivity index (χ3n) is 7.65. The molecule has 1 aliphatic carbocycles. The maximum atomic E-state index is 14.3. The summed E-state index contributed by atoms with van der Waals surface area (Å²) in [6.45, 7) is 10.5. The Kier molecular flexibility index (Phi) is 7.56. The van der Waals surface area contributed by atoms with Crippen molar-refractivity contribution in [1.29, 1.82) is 0 Å². The van der Waals surface area contributed by atoms with Crippen molar-refractivity contribution in [3.63, 3.8) is 0 Å². The molecule has 2 heterocycles. The molecular weight excluding hydrogens is 492 g/mol. The Balaban J connectivity index is 1.44. The van der Waals surface area contributed by atoms with Crippen LogP contribution in [0.1, 0.15) is 74.0 Å². The number of carbonyl (C=O) groups excluding carboxylic acids is 3. The highest BCUT2D eigenvalue weighted by molar-refractivity contribution is 6.02. The second-order valence-electron chi connectivity index (χ2n) is 12.0. The highest BCUT2D eigenvalue weighted by Crippen LogP contribution is 2.35. The Morgan fingerprint density at radius 2 is 1.62 bits per heavy atom. The number of nitrogens with one attached hydrogen (secondary N) is 1. The minimum Gasteiger partial charge on any atom is -0.444 e. The third kappa shape index (κ3) is 6.37. The van der Waals surface area contributed by atoms with Crippen LogP contribution in [-0.4, -0.2) is 66.0 Å². The lowest BCUT2D eigenvalue weighted by molar-refractivity contribution is -0.117. The zero-order chi connectivity index (χ0) is 27.7. The van der Waals surface area contributed by atoms with E-state index < -0.39 is 5.60 Å². The van der Waals surface area contributed by atoms with Gasteiger partial charge in [0.05, 0.1) is 17.3 Å². The SMILES string of the molecule is Cc1ccc([C@H]2CN(C(=O)OC(C)(C)C)CCN2C(=O)c2ccc(NC(=O)C3CC3)cc2N2CCCC2)cc1. The average molecular weight is 533 g/mol. The van der Waals surface area contributed by atoms with Gasteiger partial charge in [0.15, 0.2) is 0 Å². The van der Waals surface area contributed by atoms with E-state index in [1.54, 1.807) is 4.90 Å². The van der Waals surface area contributed by atoms with Crippen LogP contribution in [0.25, 0.3) is 0 Å². The topological polar surface area (TPSA) is 82.2 Å². The number of nitrogens with zero attached hydrogens (tertiary/aromatic N) is 3. The summed E-state index contributed by atoms with van der Waals surface area (Å²) in [5.41, 5.74) is 3.75. The quantitative estimate of drug-likeness (QED) is 0.559. The molecule has 8 nitrogen and oxygen atoms in total. The van der Waals surface area contributed by atoms with Gasteiger partial charge >= 0.3 is 6.09 Å². The lowest BCUT2D eigenvalue weighted by Gasteiger charge is -2.42. The number of piperazine rings is 1. The van der Waals surface area contributed by atoms with Crippen molar-refractivity contribution in [2.24, 2.45) is 5.92 Å². The number of aryl methyl sites for hydroxylation is 1. The zero-order valence-electron chi connectivity index (χ0n) is 23.5. The lowest BCUT2D eigenvalue weighted by atomic mass is 9.99. The van der Waals surface area contributed by atoms with Crippen LogP contribution >= 0.6 is 0 Å². The first-order valence-corrected chi connectivity index (χ1v) is 14.1. The number of amides is 3. The number of benzene rings is 2. The molecule has 3 fully saturated rings. The Bertz CT molecular complexity index is 1230. The third-order valence-corrected chi connectivity index (χ3v) is 7.65. The summed E-state index contributed by atoms with van der Waals surface area (Å²) in [5, 5.41) is 3.04. The van der Waals surface area contributed by atoms with Gasteiger partial charge in [-0.1, -0.05) is 29.8 Å². The van der Waals surface area contributed by atoms with E-state index in [1.165, 1.54) is 0 Å². The minimum absolute atomic E-state index is 0.0548. The molecule has 39 heavy (non-hydrogen) atoms. The zero-order valence-corrected chi connectivity index (χ0v) is 23.5. The van der Waals surface area contributed by atoms with Crippen LogP contribution in [0, 0.1) is 12.8 Å². The van der Waals surface area contributed by atoms with Gasteiger partial charge in [0, 0.05) is 44.3 Å². The number of rotatable bonds is 5. The van der Waals surface area contributed by atoms with E-state index in [4.69, 9.17) is 4.74 Å². The Morgan fingerprint density at radius 1 is 0.923 bits per heavy atom. The first-order chi connectivity index (χ1) is 18.6.